The predicted molar refractivity (Wildman–Crippen MR) is 111 cm³/mol. The van der Waals surface area contributed by atoms with Gasteiger partial charge in [-0.25, -0.2) is 4.39 Å². The summed E-state index contributed by atoms with van der Waals surface area (Å²) in [6.45, 7) is 4.09. The van der Waals surface area contributed by atoms with Gasteiger partial charge >= 0.3 is 0 Å². The second kappa shape index (κ2) is 8.31. The van der Waals surface area contributed by atoms with Crippen LogP contribution in [0.25, 0.3) is 11.3 Å². The molecule has 0 unspecified atom stereocenters. The number of halogens is 1. The fourth-order valence-corrected chi connectivity index (χ4v) is 3.30. The minimum atomic E-state index is -0.715. The maximum absolute atomic E-state index is 13.8. The van der Waals surface area contributed by atoms with Crippen LogP contribution in [0.15, 0.2) is 53.3 Å². The molecule has 2 aromatic carbocycles. The highest BCUT2D eigenvalue weighted by Crippen LogP contribution is 2.24. The van der Waals surface area contributed by atoms with Crippen molar-refractivity contribution in [2.75, 3.05) is 6.54 Å². The second-order valence-electron chi connectivity index (χ2n) is 7.17. The molecule has 0 aliphatic heterocycles. The molecule has 150 valence electrons. The van der Waals surface area contributed by atoms with Gasteiger partial charge in [0.05, 0.1) is 11.3 Å². The van der Waals surface area contributed by atoms with Crippen molar-refractivity contribution >= 4 is 5.91 Å². The van der Waals surface area contributed by atoms with E-state index in [0.29, 0.717) is 29.8 Å². The summed E-state index contributed by atoms with van der Waals surface area (Å²) in [6.07, 6.45) is 0.620. The molecule has 3 rings (SSSR count). The van der Waals surface area contributed by atoms with Gasteiger partial charge in [-0.2, -0.15) is 0 Å². The minimum absolute atomic E-state index is 0.130. The third-order valence-corrected chi connectivity index (χ3v) is 4.77. The Morgan fingerprint density at radius 1 is 1.10 bits per heavy atom. The molecular formula is C23H23FN2O3. The Labute approximate surface area is 168 Å². The number of rotatable bonds is 5. The maximum atomic E-state index is 13.8. The van der Waals surface area contributed by atoms with E-state index in [0.717, 1.165) is 11.1 Å². The summed E-state index contributed by atoms with van der Waals surface area (Å²) in [5.41, 5.74) is 2.85. The van der Waals surface area contributed by atoms with Crippen molar-refractivity contribution in [2.24, 2.45) is 7.05 Å². The number of aryl methyl sites for hydroxylation is 2. The van der Waals surface area contributed by atoms with E-state index >= 15 is 0 Å². The zero-order valence-corrected chi connectivity index (χ0v) is 16.6. The molecule has 0 spiro atoms. The molecule has 0 radical (unpaired) electrons. The lowest BCUT2D eigenvalue weighted by molar-refractivity contribution is 0.0951. The van der Waals surface area contributed by atoms with Gasteiger partial charge in [-0.3, -0.25) is 9.59 Å². The molecule has 0 saturated carbocycles. The fourth-order valence-electron chi connectivity index (χ4n) is 3.30. The number of pyridine rings is 1. The number of benzene rings is 2. The third-order valence-electron chi connectivity index (χ3n) is 4.77. The lowest BCUT2D eigenvalue weighted by Gasteiger charge is -2.13. The van der Waals surface area contributed by atoms with E-state index in [1.165, 1.54) is 29.8 Å². The van der Waals surface area contributed by atoms with Gasteiger partial charge in [-0.05, 0) is 55.7 Å². The highest BCUT2D eigenvalue weighted by atomic mass is 19.1. The SMILES string of the molecule is Cc1cccc(CCNC(=O)c2cc(-c3cc(C)cc(F)c3)n(C)c(=O)c2O)c1. The normalized spacial score (nSPS) is 10.8. The van der Waals surface area contributed by atoms with Crippen LogP contribution in [0, 0.1) is 19.7 Å². The first kappa shape index (κ1) is 20.3. The van der Waals surface area contributed by atoms with Gasteiger partial charge in [0.15, 0.2) is 5.75 Å². The second-order valence-corrected chi connectivity index (χ2v) is 7.17. The summed E-state index contributed by atoms with van der Waals surface area (Å²) in [5.74, 6) is -1.62. The molecule has 0 bridgehead atoms. The predicted octanol–water partition coefficient (Wildman–Crippen LogP) is 3.49. The van der Waals surface area contributed by atoms with E-state index in [1.807, 2.05) is 31.2 Å². The average molecular weight is 394 g/mol. The summed E-state index contributed by atoms with van der Waals surface area (Å²) < 4.78 is 15.0. The van der Waals surface area contributed by atoms with Crippen molar-refractivity contribution in [3.8, 4) is 17.0 Å². The van der Waals surface area contributed by atoms with Crippen LogP contribution in [0.4, 0.5) is 4.39 Å². The van der Waals surface area contributed by atoms with Crippen molar-refractivity contribution in [3.63, 3.8) is 0 Å². The molecule has 0 fully saturated rings. The minimum Gasteiger partial charge on any atom is -0.502 e. The lowest BCUT2D eigenvalue weighted by atomic mass is 10.0. The smallest absolute Gasteiger partial charge is 0.293 e. The highest BCUT2D eigenvalue weighted by Gasteiger charge is 2.19. The number of carbonyl (C=O) groups is 1. The molecular weight excluding hydrogens is 371 g/mol. The third kappa shape index (κ3) is 4.54. The highest BCUT2D eigenvalue weighted by molar-refractivity contribution is 5.97. The van der Waals surface area contributed by atoms with Gasteiger partial charge in [0.2, 0.25) is 0 Å². The average Bonchev–Trinajstić information content (AvgIpc) is 2.65. The lowest BCUT2D eigenvalue weighted by Crippen LogP contribution is -2.29. The quantitative estimate of drug-likeness (QED) is 0.696. The number of aromatic nitrogens is 1. The van der Waals surface area contributed by atoms with E-state index in [-0.39, 0.29) is 5.56 Å². The van der Waals surface area contributed by atoms with Crippen LogP contribution in [-0.2, 0) is 13.5 Å². The van der Waals surface area contributed by atoms with Crippen molar-refractivity contribution in [1.82, 2.24) is 9.88 Å². The fraction of sp³-hybridized carbons (Fsp3) is 0.217. The molecule has 1 amide bonds. The van der Waals surface area contributed by atoms with Gasteiger partial charge in [-0.1, -0.05) is 29.8 Å². The van der Waals surface area contributed by atoms with Crippen LogP contribution in [0.1, 0.15) is 27.0 Å². The van der Waals surface area contributed by atoms with Crippen molar-refractivity contribution in [3.05, 3.63) is 87.0 Å². The molecule has 6 heteroatoms. The number of nitrogens with one attached hydrogen (secondary N) is 1. The number of amides is 1. The van der Waals surface area contributed by atoms with Crippen molar-refractivity contribution < 1.29 is 14.3 Å². The molecule has 3 aromatic rings. The first-order valence-electron chi connectivity index (χ1n) is 9.30. The van der Waals surface area contributed by atoms with Crippen LogP contribution in [-0.4, -0.2) is 22.1 Å². The first-order valence-corrected chi connectivity index (χ1v) is 9.30. The Morgan fingerprint density at radius 3 is 2.55 bits per heavy atom. The van der Waals surface area contributed by atoms with Gasteiger partial charge < -0.3 is 15.0 Å². The molecule has 1 aromatic heterocycles. The Bertz CT molecular complexity index is 1120. The molecule has 0 aliphatic carbocycles. The number of aromatic hydroxyl groups is 1. The van der Waals surface area contributed by atoms with Gasteiger partial charge in [0, 0.05) is 19.2 Å². The molecule has 0 atom stereocenters. The van der Waals surface area contributed by atoms with Gasteiger partial charge in [-0.15, -0.1) is 0 Å². The summed E-state index contributed by atoms with van der Waals surface area (Å²) in [5, 5.41) is 12.9. The van der Waals surface area contributed by atoms with Crippen LogP contribution >= 0.6 is 0 Å². The molecule has 5 nitrogen and oxygen atoms in total. The van der Waals surface area contributed by atoms with Crippen molar-refractivity contribution in [1.29, 1.82) is 0 Å². The van der Waals surface area contributed by atoms with Crippen LogP contribution in [0.3, 0.4) is 0 Å². The molecule has 0 aliphatic rings. The summed E-state index contributed by atoms with van der Waals surface area (Å²) in [4.78, 5) is 25.0. The zero-order chi connectivity index (χ0) is 21.1. The van der Waals surface area contributed by atoms with Crippen LogP contribution < -0.4 is 10.9 Å². The molecule has 0 saturated heterocycles. The number of hydrogen-bond donors (Lipinski definition) is 2. The van der Waals surface area contributed by atoms with Crippen LogP contribution in [0.5, 0.6) is 5.75 Å². The Morgan fingerprint density at radius 2 is 1.86 bits per heavy atom. The Hall–Kier alpha value is -3.41. The number of hydrogen-bond acceptors (Lipinski definition) is 3. The van der Waals surface area contributed by atoms with E-state index < -0.39 is 23.0 Å². The summed E-state index contributed by atoms with van der Waals surface area (Å²) in [6, 6.07) is 13.7. The zero-order valence-electron chi connectivity index (χ0n) is 16.6. The van der Waals surface area contributed by atoms with Crippen LogP contribution in [0.2, 0.25) is 0 Å². The van der Waals surface area contributed by atoms with E-state index in [2.05, 4.69) is 5.32 Å². The molecule has 1 heterocycles. The molecule has 29 heavy (non-hydrogen) atoms. The van der Waals surface area contributed by atoms with Gasteiger partial charge in [0.25, 0.3) is 11.5 Å². The molecule has 2 N–H and O–H groups in total. The standard InChI is InChI=1S/C23H23FN2O3/c1-14-5-4-6-16(9-14)7-8-25-22(28)19-13-20(26(3)23(29)21(19)27)17-10-15(2)11-18(24)12-17/h4-6,9-13,27H,7-8H2,1-3H3,(H,25,28). The Kier molecular flexibility index (Phi) is 5.82. The summed E-state index contributed by atoms with van der Waals surface area (Å²) >= 11 is 0. The van der Waals surface area contributed by atoms with E-state index in [4.69, 9.17) is 0 Å². The van der Waals surface area contributed by atoms with Gasteiger partial charge in [0.1, 0.15) is 5.82 Å². The Balaban J connectivity index is 1.87. The van der Waals surface area contributed by atoms with E-state index in [1.54, 1.807) is 13.0 Å². The topological polar surface area (TPSA) is 71.3 Å². The maximum Gasteiger partial charge on any atom is 0.293 e. The van der Waals surface area contributed by atoms with E-state index in [9.17, 15) is 19.1 Å². The summed E-state index contributed by atoms with van der Waals surface area (Å²) in [7, 11) is 1.47. The monoisotopic (exact) mass is 394 g/mol. The largest absolute Gasteiger partial charge is 0.502 e. The first-order chi connectivity index (χ1) is 13.8. The number of nitrogens with zero attached hydrogens (tertiary/aromatic N) is 1. The van der Waals surface area contributed by atoms with Crippen molar-refractivity contribution in [2.45, 2.75) is 20.3 Å². The number of carbonyl (C=O) groups excluding carboxylic acids is 1.